The van der Waals surface area contributed by atoms with Gasteiger partial charge in [0.1, 0.15) is 0 Å². The number of nitrogens with one attached hydrogen (secondary N) is 1. The van der Waals surface area contributed by atoms with Crippen molar-refractivity contribution < 1.29 is 10.2 Å². The van der Waals surface area contributed by atoms with Crippen molar-refractivity contribution in [3.63, 3.8) is 0 Å². The van der Waals surface area contributed by atoms with Crippen LogP contribution in [0.4, 0.5) is 0 Å². The Kier molecular flexibility index (Phi) is 3.61. The smallest absolute Gasteiger partial charge is 0.0895 e. The second-order valence-corrected chi connectivity index (χ2v) is 4.95. The van der Waals surface area contributed by atoms with Gasteiger partial charge in [0.15, 0.2) is 0 Å². The third-order valence-electron chi connectivity index (χ3n) is 3.49. The van der Waals surface area contributed by atoms with Gasteiger partial charge in [-0.15, -0.1) is 0 Å². The van der Waals surface area contributed by atoms with Crippen LogP contribution in [0.5, 0.6) is 0 Å². The van der Waals surface area contributed by atoms with Gasteiger partial charge in [0.2, 0.25) is 0 Å². The first-order valence-corrected chi connectivity index (χ1v) is 5.98. The average molecular weight is 214 g/mol. The molecule has 1 aliphatic heterocycles. The Morgan fingerprint density at radius 2 is 2.20 bits per heavy atom. The van der Waals surface area contributed by atoms with Crippen molar-refractivity contribution in [2.45, 2.75) is 50.4 Å². The molecule has 2 rings (SSSR count). The van der Waals surface area contributed by atoms with Crippen LogP contribution in [0.3, 0.4) is 0 Å². The minimum absolute atomic E-state index is 0.151. The standard InChI is InChI=1S/C11H22N2O2/c1-8-4-9(12-5-11(15)7-14)6-13(8)10-2-3-10/h8-12,14-15H,2-7H2,1H3. The summed E-state index contributed by atoms with van der Waals surface area (Å²) in [4.78, 5) is 2.57. The summed E-state index contributed by atoms with van der Waals surface area (Å²) in [5, 5.41) is 21.3. The number of nitrogens with zero attached hydrogens (tertiary/aromatic N) is 1. The van der Waals surface area contributed by atoms with Crippen molar-refractivity contribution in [3.05, 3.63) is 0 Å². The Balaban J connectivity index is 1.71. The average Bonchev–Trinajstić information content (AvgIpc) is 3.00. The first-order chi connectivity index (χ1) is 7.20. The Hall–Kier alpha value is -0.160. The Labute approximate surface area is 91.3 Å². The van der Waals surface area contributed by atoms with Crippen LogP contribution >= 0.6 is 0 Å². The van der Waals surface area contributed by atoms with E-state index in [0.717, 1.165) is 19.0 Å². The van der Waals surface area contributed by atoms with E-state index in [1.54, 1.807) is 0 Å². The molecule has 2 aliphatic rings. The summed E-state index contributed by atoms with van der Waals surface area (Å²) in [7, 11) is 0. The predicted octanol–water partition coefficient (Wildman–Crippen LogP) is -0.446. The third-order valence-corrected chi connectivity index (χ3v) is 3.49. The topological polar surface area (TPSA) is 55.7 Å². The highest BCUT2D eigenvalue weighted by Crippen LogP contribution is 2.33. The van der Waals surface area contributed by atoms with E-state index in [1.165, 1.54) is 12.8 Å². The number of likely N-dealkylation sites (tertiary alicyclic amines) is 1. The summed E-state index contributed by atoms with van der Waals surface area (Å²) >= 11 is 0. The van der Waals surface area contributed by atoms with Crippen molar-refractivity contribution in [3.8, 4) is 0 Å². The molecule has 0 radical (unpaired) electrons. The molecule has 3 N–H and O–H groups in total. The lowest BCUT2D eigenvalue weighted by molar-refractivity contribution is 0.0920. The number of aliphatic hydroxyl groups is 2. The molecule has 4 nitrogen and oxygen atoms in total. The van der Waals surface area contributed by atoms with E-state index in [1.807, 2.05) is 0 Å². The Morgan fingerprint density at radius 1 is 1.47 bits per heavy atom. The van der Waals surface area contributed by atoms with Gasteiger partial charge in [0.05, 0.1) is 12.7 Å². The molecule has 1 saturated heterocycles. The zero-order valence-electron chi connectivity index (χ0n) is 9.39. The highest BCUT2D eigenvalue weighted by molar-refractivity contribution is 4.96. The third kappa shape index (κ3) is 2.91. The van der Waals surface area contributed by atoms with Gasteiger partial charge in [-0.3, -0.25) is 4.90 Å². The van der Waals surface area contributed by atoms with Crippen molar-refractivity contribution in [1.29, 1.82) is 0 Å². The quantitative estimate of drug-likeness (QED) is 0.580. The predicted molar refractivity (Wildman–Crippen MR) is 58.7 cm³/mol. The molecule has 88 valence electrons. The molecular formula is C11H22N2O2. The maximum atomic E-state index is 9.25. The lowest BCUT2D eigenvalue weighted by Gasteiger charge is -2.20. The summed E-state index contributed by atoms with van der Waals surface area (Å²) in [6, 6.07) is 1.98. The lowest BCUT2D eigenvalue weighted by atomic mass is 10.2. The number of hydrogen-bond acceptors (Lipinski definition) is 4. The molecule has 0 amide bonds. The molecule has 4 heteroatoms. The highest BCUT2D eigenvalue weighted by Gasteiger charge is 2.38. The van der Waals surface area contributed by atoms with Crippen LogP contribution in [0, 0.1) is 0 Å². The van der Waals surface area contributed by atoms with Gasteiger partial charge in [-0.2, -0.15) is 0 Å². The van der Waals surface area contributed by atoms with Gasteiger partial charge in [-0.25, -0.2) is 0 Å². The van der Waals surface area contributed by atoms with Crippen LogP contribution in [-0.2, 0) is 0 Å². The molecule has 1 saturated carbocycles. The van der Waals surface area contributed by atoms with Gasteiger partial charge in [-0.1, -0.05) is 0 Å². The van der Waals surface area contributed by atoms with Gasteiger partial charge >= 0.3 is 0 Å². The van der Waals surface area contributed by atoms with E-state index in [2.05, 4.69) is 17.1 Å². The molecule has 0 aromatic carbocycles. The second kappa shape index (κ2) is 4.78. The first-order valence-electron chi connectivity index (χ1n) is 5.98. The van der Waals surface area contributed by atoms with E-state index >= 15 is 0 Å². The van der Waals surface area contributed by atoms with Crippen LogP contribution < -0.4 is 5.32 Å². The zero-order valence-corrected chi connectivity index (χ0v) is 9.39. The normalized spacial score (nSPS) is 34.6. The molecule has 0 bridgehead atoms. The molecule has 0 aromatic heterocycles. The number of hydrogen-bond donors (Lipinski definition) is 3. The van der Waals surface area contributed by atoms with Gasteiger partial charge < -0.3 is 15.5 Å². The minimum atomic E-state index is -0.615. The van der Waals surface area contributed by atoms with Gasteiger partial charge in [-0.05, 0) is 26.2 Å². The number of aliphatic hydroxyl groups excluding tert-OH is 2. The van der Waals surface area contributed by atoms with Gasteiger partial charge in [0.25, 0.3) is 0 Å². The molecular weight excluding hydrogens is 192 g/mol. The fourth-order valence-corrected chi connectivity index (χ4v) is 2.49. The summed E-state index contributed by atoms with van der Waals surface area (Å²) < 4.78 is 0. The van der Waals surface area contributed by atoms with Crippen LogP contribution in [0.25, 0.3) is 0 Å². The molecule has 3 atom stereocenters. The fraction of sp³-hybridized carbons (Fsp3) is 1.00. The molecule has 1 heterocycles. The second-order valence-electron chi connectivity index (χ2n) is 4.95. The molecule has 15 heavy (non-hydrogen) atoms. The monoisotopic (exact) mass is 214 g/mol. The van der Waals surface area contributed by atoms with Crippen LogP contribution in [-0.4, -0.2) is 59.0 Å². The molecule has 0 aromatic rings. The molecule has 3 unspecified atom stereocenters. The van der Waals surface area contributed by atoms with E-state index in [-0.39, 0.29) is 6.61 Å². The van der Waals surface area contributed by atoms with E-state index in [0.29, 0.717) is 18.6 Å². The van der Waals surface area contributed by atoms with Crippen molar-refractivity contribution in [2.75, 3.05) is 19.7 Å². The summed E-state index contributed by atoms with van der Waals surface area (Å²) in [6.07, 6.45) is 3.26. The maximum absolute atomic E-state index is 9.25. The fourth-order valence-electron chi connectivity index (χ4n) is 2.49. The molecule has 2 fully saturated rings. The number of rotatable bonds is 5. The largest absolute Gasteiger partial charge is 0.394 e. The van der Waals surface area contributed by atoms with E-state index in [4.69, 9.17) is 5.11 Å². The SMILES string of the molecule is CC1CC(NCC(O)CO)CN1C1CC1. The van der Waals surface area contributed by atoms with Crippen LogP contribution in [0.2, 0.25) is 0 Å². The zero-order chi connectivity index (χ0) is 10.8. The Morgan fingerprint density at radius 3 is 2.80 bits per heavy atom. The lowest BCUT2D eigenvalue weighted by Crippen LogP contribution is -2.39. The van der Waals surface area contributed by atoms with Crippen molar-refractivity contribution in [2.24, 2.45) is 0 Å². The summed E-state index contributed by atoms with van der Waals surface area (Å²) in [6.45, 7) is 3.74. The molecule has 1 aliphatic carbocycles. The summed E-state index contributed by atoms with van der Waals surface area (Å²) in [5.74, 6) is 0. The van der Waals surface area contributed by atoms with E-state index < -0.39 is 6.10 Å². The van der Waals surface area contributed by atoms with Crippen LogP contribution in [0.15, 0.2) is 0 Å². The van der Waals surface area contributed by atoms with Crippen LogP contribution in [0.1, 0.15) is 26.2 Å². The first kappa shape index (κ1) is 11.3. The summed E-state index contributed by atoms with van der Waals surface area (Å²) in [5.41, 5.74) is 0. The van der Waals surface area contributed by atoms with E-state index in [9.17, 15) is 5.11 Å². The van der Waals surface area contributed by atoms with Crippen molar-refractivity contribution in [1.82, 2.24) is 10.2 Å². The van der Waals surface area contributed by atoms with Crippen molar-refractivity contribution >= 4 is 0 Å². The highest BCUT2D eigenvalue weighted by atomic mass is 16.3. The minimum Gasteiger partial charge on any atom is -0.394 e. The Bertz CT molecular complexity index is 209. The molecule has 0 spiro atoms. The van der Waals surface area contributed by atoms with Gasteiger partial charge in [0, 0.05) is 31.2 Å². The maximum Gasteiger partial charge on any atom is 0.0895 e.